The lowest BCUT2D eigenvalue weighted by molar-refractivity contribution is 0.321. The summed E-state index contributed by atoms with van der Waals surface area (Å²) in [5.74, 6) is 0. The van der Waals surface area contributed by atoms with Crippen LogP contribution in [0.25, 0.3) is 0 Å². The van der Waals surface area contributed by atoms with Crippen molar-refractivity contribution < 1.29 is 5.21 Å². The van der Waals surface area contributed by atoms with E-state index in [1.54, 1.807) is 6.20 Å². The van der Waals surface area contributed by atoms with E-state index >= 15 is 0 Å². The van der Waals surface area contributed by atoms with Gasteiger partial charge in [0.15, 0.2) is 5.17 Å². The van der Waals surface area contributed by atoms with Gasteiger partial charge in [0.1, 0.15) is 0 Å². The van der Waals surface area contributed by atoms with Crippen molar-refractivity contribution in [2.45, 2.75) is 6.92 Å². The molecule has 54 valence electrons. The van der Waals surface area contributed by atoms with Crippen LogP contribution < -0.4 is 0 Å². The molecule has 0 aliphatic heterocycles. The Morgan fingerprint density at radius 3 is 3.00 bits per heavy atom. The molecule has 0 unspecified atom stereocenters. The number of nitrogens with zero attached hydrogens (tertiary/aromatic N) is 2. The second kappa shape index (κ2) is 2.98. The van der Waals surface area contributed by atoms with Gasteiger partial charge >= 0.3 is 0 Å². The zero-order chi connectivity index (χ0) is 7.56. The number of halogens is 1. The molecule has 5 heteroatoms. The van der Waals surface area contributed by atoms with Crippen LogP contribution in [0.1, 0.15) is 9.88 Å². The van der Waals surface area contributed by atoms with Crippen LogP contribution >= 0.6 is 22.9 Å². The van der Waals surface area contributed by atoms with E-state index in [9.17, 15) is 0 Å². The Morgan fingerprint density at radius 1 is 1.90 bits per heavy atom. The molecule has 0 aliphatic rings. The molecule has 1 rings (SSSR count). The van der Waals surface area contributed by atoms with Gasteiger partial charge in [-0.15, -0.1) is 11.3 Å². The van der Waals surface area contributed by atoms with Gasteiger partial charge in [0, 0.05) is 6.20 Å². The molecule has 3 nitrogen and oxygen atoms in total. The lowest BCUT2D eigenvalue weighted by Gasteiger charge is -1.83. The number of thiazole rings is 1. The van der Waals surface area contributed by atoms with Crippen molar-refractivity contribution in [2.24, 2.45) is 5.16 Å². The van der Waals surface area contributed by atoms with Crippen LogP contribution in [-0.4, -0.2) is 15.4 Å². The summed E-state index contributed by atoms with van der Waals surface area (Å²) < 4.78 is 0. The van der Waals surface area contributed by atoms with Crippen molar-refractivity contribution in [2.75, 3.05) is 0 Å². The lowest BCUT2D eigenvalue weighted by atomic mass is 10.6. The topological polar surface area (TPSA) is 45.5 Å². The van der Waals surface area contributed by atoms with E-state index < -0.39 is 0 Å². The fourth-order valence-corrected chi connectivity index (χ4v) is 1.32. The van der Waals surface area contributed by atoms with Crippen LogP contribution in [0.4, 0.5) is 0 Å². The van der Waals surface area contributed by atoms with E-state index in [0.29, 0.717) is 4.88 Å². The summed E-state index contributed by atoms with van der Waals surface area (Å²) >= 11 is 6.86. The molecule has 0 saturated carbocycles. The van der Waals surface area contributed by atoms with E-state index in [4.69, 9.17) is 16.8 Å². The first-order valence-corrected chi connectivity index (χ1v) is 3.74. The molecule has 0 spiro atoms. The molecule has 0 aliphatic carbocycles. The van der Waals surface area contributed by atoms with Gasteiger partial charge in [-0.1, -0.05) is 16.8 Å². The smallest absolute Gasteiger partial charge is 0.186 e. The molecule has 0 radical (unpaired) electrons. The highest BCUT2D eigenvalue weighted by Crippen LogP contribution is 2.14. The van der Waals surface area contributed by atoms with E-state index in [1.807, 2.05) is 6.92 Å². The Kier molecular flexibility index (Phi) is 2.24. The van der Waals surface area contributed by atoms with Crippen molar-refractivity contribution >= 4 is 28.1 Å². The molecule has 0 fully saturated rings. The average Bonchev–Trinajstić information content (AvgIpc) is 2.34. The quantitative estimate of drug-likeness (QED) is 0.403. The van der Waals surface area contributed by atoms with Gasteiger partial charge in [-0.05, 0) is 6.92 Å². The Balaban J connectivity index is 2.95. The summed E-state index contributed by atoms with van der Waals surface area (Å²) in [6, 6.07) is 0. The molecular formula is C5H5ClN2OS. The molecule has 0 saturated heterocycles. The van der Waals surface area contributed by atoms with Gasteiger partial charge < -0.3 is 5.21 Å². The molecule has 0 amide bonds. The number of hydrogen-bond donors (Lipinski definition) is 1. The molecule has 10 heavy (non-hydrogen) atoms. The van der Waals surface area contributed by atoms with E-state index in [0.717, 1.165) is 5.01 Å². The predicted molar refractivity (Wildman–Crippen MR) is 41.0 cm³/mol. The monoisotopic (exact) mass is 176 g/mol. The standard InChI is InChI=1S/C5H5ClN2OS/c1-3-7-2-4(10-3)5(6)8-9/h2,9H,1H3. The van der Waals surface area contributed by atoms with E-state index in [-0.39, 0.29) is 5.17 Å². The molecular weight excluding hydrogens is 172 g/mol. The number of aromatic nitrogens is 1. The molecule has 0 aromatic carbocycles. The first-order valence-electron chi connectivity index (χ1n) is 2.54. The SMILES string of the molecule is Cc1ncc(C(Cl)=NO)s1. The summed E-state index contributed by atoms with van der Waals surface area (Å²) in [5, 5.41) is 12.0. The minimum Gasteiger partial charge on any atom is -0.410 e. The second-order valence-electron chi connectivity index (χ2n) is 1.63. The molecule has 1 N–H and O–H groups in total. The van der Waals surface area contributed by atoms with Crippen molar-refractivity contribution in [3.05, 3.63) is 16.1 Å². The van der Waals surface area contributed by atoms with Gasteiger partial charge in [-0.2, -0.15) is 0 Å². The van der Waals surface area contributed by atoms with Crippen LogP contribution in [0.3, 0.4) is 0 Å². The van der Waals surface area contributed by atoms with Crippen LogP contribution in [0.5, 0.6) is 0 Å². The normalized spacial score (nSPS) is 12.0. The molecule has 1 aromatic heterocycles. The number of oxime groups is 1. The lowest BCUT2D eigenvalue weighted by Crippen LogP contribution is -1.83. The Labute approximate surface area is 67.0 Å². The van der Waals surface area contributed by atoms with Crippen molar-refractivity contribution in [3.8, 4) is 0 Å². The fourth-order valence-electron chi connectivity index (χ4n) is 0.506. The summed E-state index contributed by atoms with van der Waals surface area (Å²) in [6.07, 6.45) is 1.57. The van der Waals surface area contributed by atoms with Gasteiger partial charge in [0.2, 0.25) is 0 Å². The third-order valence-corrected chi connectivity index (χ3v) is 2.22. The minimum atomic E-state index is 0.0885. The minimum absolute atomic E-state index is 0.0885. The molecule has 0 atom stereocenters. The summed E-state index contributed by atoms with van der Waals surface area (Å²) in [5.41, 5.74) is 0. The number of hydrogen-bond acceptors (Lipinski definition) is 4. The van der Waals surface area contributed by atoms with Crippen LogP contribution in [0, 0.1) is 6.92 Å². The first-order chi connectivity index (χ1) is 4.74. The molecule has 1 aromatic rings. The van der Waals surface area contributed by atoms with Crippen molar-refractivity contribution in [1.82, 2.24) is 4.98 Å². The Morgan fingerprint density at radius 2 is 2.60 bits per heavy atom. The number of rotatable bonds is 1. The third kappa shape index (κ3) is 1.46. The highest BCUT2D eigenvalue weighted by atomic mass is 35.5. The first kappa shape index (κ1) is 7.50. The summed E-state index contributed by atoms with van der Waals surface area (Å²) in [6.45, 7) is 1.86. The van der Waals surface area contributed by atoms with E-state index in [1.165, 1.54) is 11.3 Å². The zero-order valence-electron chi connectivity index (χ0n) is 5.21. The van der Waals surface area contributed by atoms with Gasteiger partial charge in [0.05, 0.1) is 9.88 Å². The Bertz CT molecular complexity index is 258. The average molecular weight is 177 g/mol. The van der Waals surface area contributed by atoms with Crippen molar-refractivity contribution in [1.29, 1.82) is 0 Å². The summed E-state index contributed by atoms with van der Waals surface area (Å²) in [7, 11) is 0. The van der Waals surface area contributed by atoms with Crippen LogP contribution in [-0.2, 0) is 0 Å². The molecule has 1 heterocycles. The van der Waals surface area contributed by atoms with Crippen LogP contribution in [0.15, 0.2) is 11.4 Å². The number of aryl methyl sites for hydroxylation is 1. The van der Waals surface area contributed by atoms with Crippen LogP contribution in [0.2, 0.25) is 0 Å². The highest BCUT2D eigenvalue weighted by molar-refractivity contribution is 7.15. The van der Waals surface area contributed by atoms with Gasteiger partial charge in [0.25, 0.3) is 0 Å². The van der Waals surface area contributed by atoms with Crippen molar-refractivity contribution in [3.63, 3.8) is 0 Å². The van der Waals surface area contributed by atoms with E-state index in [2.05, 4.69) is 10.1 Å². The van der Waals surface area contributed by atoms with Gasteiger partial charge in [-0.25, -0.2) is 4.98 Å². The maximum atomic E-state index is 8.23. The van der Waals surface area contributed by atoms with Gasteiger partial charge in [-0.3, -0.25) is 0 Å². The maximum absolute atomic E-state index is 8.23. The highest BCUT2D eigenvalue weighted by Gasteiger charge is 2.02. The fraction of sp³-hybridized carbons (Fsp3) is 0.200. The summed E-state index contributed by atoms with van der Waals surface area (Å²) in [4.78, 5) is 4.61. The zero-order valence-corrected chi connectivity index (χ0v) is 6.78. The maximum Gasteiger partial charge on any atom is 0.186 e. The largest absolute Gasteiger partial charge is 0.410 e. The third-order valence-electron chi connectivity index (χ3n) is 0.912. The second-order valence-corrected chi connectivity index (χ2v) is 3.23. The molecule has 0 bridgehead atoms. The Hall–Kier alpha value is -0.610. The predicted octanol–water partition coefficient (Wildman–Crippen LogP) is 1.83.